The average molecular weight is 262 g/mol. The molecule has 1 aromatic carbocycles. The third kappa shape index (κ3) is 4.51. The van der Waals surface area contributed by atoms with E-state index in [4.69, 9.17) is 0 Å². The Balaban J connectivity index is 1.94. The zero-order chi connectivity index (χ0) is 13.9. The first kappa shape index (κ1) is 14.4. The van der Waals surface area contributed by atoms with Crippen LogP contribution >= 0.6 is 0 Å². The molecule has 1 saturated heterocycles. The van der Waals surface area contributed by atoms with Crippen molar-refractivity contribution < 1.29 is 5.11 Å². The summed E-state index contributed by atoms with van der Waals surface area (Å²) in [5.74, 6) is 0. The maximum atomic E-state index is 9.72. The Kier molecular flexibility index (Phi) is 4.48. The van der Waals surface area contributed by atoms with Gasteiger partial charge in [-0.1, -0.05) is 12.1 Å². The molecule has 1 atom stereocenters. The van der Waals surface area contributed by atoms with Gasteiger partial charge in [-0.15, -0.1) is 0 Å². The molecule has 3 heteroatoms. The minimum absolute atomic E-state index is 0.148. The molecule has 19 heavy (non-hydrogen) atoms. The number of piperidine rings is 1. The van der Waals surface area contributed by atoms with Crippen molar-refractivity contribution in [3.63, 3.8) is 0 Å². The SMILES string of the molecule is CC(C)(C)NCc1ccc(N2CCCC(O)C2)cc1. The maximum Gasteiger partial charge on any atom is 0.0715 e. The van der Waals surface area contributed by atoms with Crippen molar-refractivity contribution in [3.8, 4) is 0 Å². The number of aliphatic hydroxyl groups is 1. The summed E-state index contributed by atoms with van der Waals surface area (Å²) in [6, 6.07) is 8.68. The third-order valence-electron chi connectivity index (χ3n) is 3.52. The molecule has 0 amide bonds. The topological polar surface area (TPSA) is 35.5 Å². The van der Waals surface area contributed by atoms with Crippen LogP contribution in [-0.2, 0) is 6.54 Å². The highest BCUT2D eigenvalue weighted by Gasteiger charge is 2.17. The molecule has 0 radical (unpaired) electrons. The smallest absolute Gasteiger partial charge is 0.0715 e. The summed E-state index contributed by atoms with van der Waals surface area (Å²) in [7, 11) is 0. The first-order valence-electron chi connectivity index (χ1n) is 7.21. The van der Waals surface area contributed by atoms with Gasteiger partial charge in [-0.25, -0.2) is 0 Å². The second kappa shape index (κ2) is 5.93. The highest BCUT2D eigenvalue weighted by Crippen LogP contribution is 2.20. The van der Waals surface area contributed by atoms with Crippen molar-refractivity contribution >= 4 is 5.69 Å². The van der Waals surface area contributed by atoms with E-state index in [0.717, 1.165) is 32.5 Å². The van der Waals surface area contributed by atoms with Crippen molar-refractivity contribution in [1.82, 2.24) is 5.32 Å². The normalized spacial score (nSPS) is 20.6. The predicted octanol–water partition coefficient (Wildman–Crippen LogP) is 2.54. The van der Waals surface area contributed by atoms with Gasteiger partial charge in [0.15, 0.2) is 0 Å². The quantitative estimate of drug-likeness (QED) is 0.878. The molecule has 3 nitrogen and oxygen atoms in total. The first-order valence-corrected chi connectivity index (χ1v) is 7.21. The number of nitrogens with zero attached hydrogens (tertiary/aromatic N) is 1. The fourth-order valence-electron chi connectivity index (χ4n) is 2.38. The van der Waals surface area contributed by atoms with Crippen molar-refractivity contribution in [2.45, 2.75) is 51.8 Å². The van der Waals surface area contributed by atoms with Crippen LogP contribution in [-0.4, -0.2) is 29.8 Å². The molecule has 2 N–H and O–H groups in total. The van der Waals surface area contributed by atoms with Crippen LogP contribution in [0.2, 0.25) is 0 Å². The second-order valence-electron chi connectivity index (χ2n) is 6.51. The Labute approximate surface area is 116 Å². The molecule has 2 rings (SSSR count). The molecule has 0 spiro atoms. The molecule has 1 heterocycles. The molecule has 106 valence electrons. The van der Waals surface area contributed by atoms with E-state index in [0.29, 0.717) is 0 Å². The Morgan fingerprint density at radius 3 is 2.53 bits per heavy atom. The van der Waals surface area contributed by atoms with E-state index in [9.17, 15) is 5.11 Å². The van der Waals surface area contributed by atoms with Gasteiger partial charge in [0, 0.05) is 30.9 Å². The van der Waals surface area contributed by atoms with Crippen LogP contribution in [0.15, 0.2) is 24.3 Å². The van der Waals surface area contributed by atoms with Gasteiger partial charge in [-0.3, -0.25) is 0 Å². The minimum atomic E-state index is -0.170. The van der Waals surface area contributed by atoms with Gasteiger partial charge < -0.3 is 15.3 Å². The number of hydrogen-bond acceptors (Lipinski definition) is 3. The van der Waals surface area contributed by atoms with E-state index in [-0.39, 0.29) is 11.6 Å². The number of nitrogens with one attached hydrogen (secondary N) is 1. The summed E-state index contributed by atoms with van der Waals surface area (Å²) >= 11 is 0. The summed E-state index contributed by atoms with van der Waals surface area (Å²) in [6.07, 6.45) is 1.84. The van der Waals surface area contributed by atoms with Crippen molar-refractivity contribution in [3.05, 3.63) is 29.8 Å². The number of anilines is 1. The largest absolute Gasteiger partial charge is 0.391 e. The summed E-state index contributed by atoms with van der Waals surface area (Å²) < 4.78 is 0. The lowest BCUT2D eigenvalue weighted by molar-refractivity contribution is 0.154. The van der Waals surface area contributed by atoms with Crippen molar-refractivity contribution in [1.29, 1.82) is 0 Å². The summed E-state index contributed by atoms with van der Waals surface area (Å²) in [4.78, 5) is 2.27. The third-order valence-corrected chi connectivity index (χ3v) is 3.52. The highest BCUT2D eigenvalue weighted by atomic mass is 16.3. The molecular weight excluding hydrogens is 236 g/mol. The molecule has 1 aromatic rings. The fraction of sp³-hybridized carbons (Fsp3) is 0.625. The number of β-amino-alcohol motifs (C(OH)–C–C–N with tert-alkyl or cyclic N) is 1. The number of benzene rings is 1. The van der Waals surface area contributed by atoms with E-state index in [2.05, 4.69) is 55.3 Å². The van der Waals surface area contributed by atoms with Crippen molar-refractivity contribution in [2.75, 3.05) is 18.0 Å². The van der Waals surface area contributed by atoms with Crippen LogP contribution in [0.4, 0.5) is 5.69 Å². The molecule has 0 saturated carbocycles. The monoisotopic (exact) mass is 262 g/mol. The molecule has 0 bridgehead atoms. The van der Waals surface area contributed by atoms with Gasteiger partial charge in [0.05, 0.1) is 6.10 Å². The highest BCUT2D eigenvalue weighted by molar-refractivity contribution is 5.48. The predicted molar refractivity (Wildman–Crippen MR) is 80.5 cm³/mol. The number of rotatable bonds is 3. The van der Waals surface area contributed by atoms with E-state index in [1.807, 2.05) is 0 Å². The van der Waals surface area contributed by atoms with E-state index < -0.39 is 0 Å². The zero-order valence-corrected chi connectivity index (χ0v) is 12.3. The van der Waals surface area contributed by atoms with E-state index in [1.54, 1.807) is 0 Å². The molecule has 0 aromatic heterocycles. The lowest BCUT2D eigenvalue weighted by Gasteiger charge is -2.32. The van der Waals surface area contributed by atoms with Crippen LogP contribution in [0.3, 0.4) is 0 Å². The number of hydrogen-bond donors (Lipinski definition) is 2. The number of aliphatic hydroxyl groups excluding tert-OH is 1. The van der Waals surface area contributed by atoms with E-state index in [1.165, 1.54) is 11.3 Å². The van der Waals surface area contributed by atoms with Gasteiger partial charge in [0.1, 0.15) is 0 Å². The Morgan fingerprint density at radius 1 is 1.26 bits per heavy atom. The zero-order valence-electron chi connectivity index (χ0n) is 12.3. The second-order valence-corrected chi connectivity index (χ2v) is 6.51. The van der Waals surface area contributed by atoms with Crippen molar-refractivity contribution in [2.24, 2.45) is 0 Å². The fourth-order valence-corrected chi connectivity index (χ4v) is 2.38. The van der Waals surface area contributed by atoms with Gasteiger partial charge >= 0.3 is 0 Å². The van der Waals surface area contributed by atoms with Crippen LogP contribution in [0.25, 0.3) is 0 Å². The summed E-state index contributed by atoms with van der Waals surface area (Å²) in [5, 5.41) is 13.2. The van der Waals surface area contributed by atoms with E-state index >= 15 is 0 Å². The molecule has 0 aliphatic carbocycles. The Morgan fingerprint density at radius 2 is 1.95 bits per heavy atom. The minimum Gasteiger partial charge on any atom is -0.391 e. The molecule has 1 fully saturated rings. The molecule has 1 aliphatic heterocycles. The maximum absolute atomic E-state index is 9.72. The van der Waals surface area contributed by atoms with Gasteiger partial charge in [-0.2, -0.15) is 0 Å². The van der Waals surface area contributed by atoms with Gasteiger partial charge in [0.2, 0.25) is 0 Å². The standard InChI is InChI=1S/C16H26N2O/c1-16(2,3)17-11-13-6-8-14(9-7-13)18-10-4-5-15(19)12-18/h6-9,15,17,19H,4-5,10-12H2,1-3H3. The van der Waals surface area contributed by atoms with Crippen LogP contribution in [0.1, 0.15) is 39.2 Å². The lowest BCUT2D eigenvalue weighted by Crippen LogP contribution is -2.38. The van der Waals surface area contributed by atoms with Crippen LogP contribution in [0.5, 0.6) is 0 Å². The van der Waals surface area contributed by atoms with Gasteiger partial charge in [0.25, 0.3) is 0 Å². The van der Waals surface area contributed by atoms with Gasteiger partial charge in [-0.05, 0) is 51.3 Å². The molecule has 1 unspecified atom stereocenters. The average Bonchev–Trinajstić information content (AvgIpc) is 2.36. The lowest BCUT2D eigenvalue weighted by atomic mass is 10.1. The first-order chi connectivity index (χ1) is 8.94. The molecular formula is C16H26N2O. The summed E-state index contributed by atoms with van der Waals surface area (Å²) in [6.45, 7) is 9.24. The Bertz CT molecular complexity index is 394. The van der Waals surface area contributed by atoms with Crippen LogP contribution in [0, 0.1) is 0 Å². The molecule has 1 aliphatic rings. The van der Waals surface area contributed by atoms with Crippen LogP contribution < -0.4 is 10.2 Å². The Hall–Kier alpha value is -1.06. The summed E-state index contributed by atoms with van der Waals surface area (Å²) in [5.41, 5.74) is 2.67.